The van der Waals surface area contributed by atoms with Gasteiger partial charge < -0.3 is 19.6 Å². The minimum atomic E-state index is -0.706. The molecule has 1 atom stereocenters. The summed E-state index contributed by atoms with van der Waals surface area (Å²) in [4.78, 5) is 31.0. The van der Waals surface area contributed by atoms with Gasteiger partial charge in [0.25, 0.3) is 11.7 Å². The number of ether oxygens (including phenoxy) is 1. The minimum absolute atomic E-state index is 0.123. The largest absolute Gasteiger partial charge is 0.507 e. The number of hydrogen-bond acceptors (Lipinski definition) is 5. The number of aryl methyl sites for hydroxylation is 3. The van der Waals surface area contributed by atoms with Gasteiger partial charge in [0.2, 0.25) is 0 Å². The van der Waals surface area contributed by atoms with Crippen molar-refractivity contribution in [2.75, 3.05) is 24.6 Å². The molecule has 39 heavy (non-hydrogen) atoms. The van der Waals surface area contributed by atoms with E-state index in [0.717, 1.165) is 65.2 Å². The van der Waals surface area contributed by atoms with Crippen molar-refractivity contribution in [1.82, 2.24) is 4.90 Å². The van der Waals surface area contributed by atoms with Gasteiger partial charge in [0.1, 0.15) is 11.5 Å². The Morgan fingerprint density at radius 3 is 2.46 bits per heavy atom. The number of Topliss-reactive ketones (excluding diaryl/α,β-unsaturated/α-hetero) is 1. The van der Waals surface area contributed by atoms with Gasteiger partial charge in [-0.2, -0.15) is 0 Å². The van der Waals surface area contributed by atoms with Crippen molar-refractivity contribution in [2.45, 2.75) is 53.1 Å². The molecular weight excluding hydrogens is 488 g/mol. The van der Waals surface area contributed by atoms with Crippen LogP contribution in [0.3, 0.4) is 0 Å². The zero-order valence-corrected chi connectivity index (χ0v) is 23.2. The number of aliphatic hydroxyl groups excluding tert-OH is 1. The maximum atomic E-state index is 13.6. The van der Waals surface area contributed by atoms with Gasteiger partial charge in [-0.15, -0.1) is 0 Å². The van der Waals surface area contributed by atoms with E-state index in [2.05, 4.69) is 24.8 Å². The molecule has 1 saturated heterocycles. The predicted molar refractivity (Wildman–Crippen MR) is 154 cm³/mol. The topological polar surface area (TPSA) is 70.1 Å². The van der Waals surface area contributed by atoms with E-state index in [1.807, 2.05) is 62.4 Å². The van der Waals surface area contributed by atoms with Crippen molar-refractivity contribution in [3.8, 4) is 5.75 Å². The second-order valence-electron chi connectivity index (χ2n) is 10.4. The summed E-state index contributed by atoms with van der Waals surface area (Å²) in [5, 5.41) is 11.6. The van der Waals surface area contributed by atoms with Gasteiger partial charge in [0.05, 0.1) is 18.2 Å². The number of aliphatic hydroxyl groups is 1. The van der Waals surface area contributed by atoms with Gasteiger partial charge in [0.15, 0.2) is 0 Å². The van der Waals surface area contributed by atoms with Crippen molar-refractivity contribution >= 4 is 23.1 Å². The first-order chi connectivity index (χ1) is 18.8. The predicted octanol–water partition coefficient (Wildman–Crippen LogP) is 6.10. The molecule has 5 rings (SSSR count). The van der Waals surface area contributed by atoms with Crippen LogP contribution in [-0.2, 0) is 22.6 Å². The van der Waals surface area contributed by atoms with Gasteiger partial charge in [0, 0.05) is 30.9 Å². The number of carbonyl (C=O) groups excluding carboxylic acids is 2. The maximum Gasteiger partial charge on any atom is 0.295 e. The van der Waals surface area contributed by atoms with Gasteiger partial charge in [-0.05, 0) is 93.1 Å². The van der Waals surface area contributed by atoms with E-state index < -0.39 is 17.7 Å². The molecule has 0 aliphatic carbocycles. The smallest absolute Gasteiger partial charge is 0.295 e. The number of fused-ring (bicyclic) bond motifs is 1. The van der Waals surface area contributed by atoms with E-state index in [1.165, 1.54) is 0 Å². The Labute approximate surface area is 230 Å². The van der Waals surface area contributed by atoms with E-state index >= 15 is 0 Å². The summed E-state index contributed by atoms with van der Waals surface area (Å²) in [6.07, 6.45) is 1.74. The number of benzene rings is 3. The van der Waals surface area contributed by atoms with Crippen LogP contribution in [0.25, 0.3) is 5.76 Å². The van der Waals surface area contributed by atoms with Crippen molar-refractivity contribution in [3.63, 3.8) is 0 Å². The molecular formula is C33H36N2O4. The number of likely N-dealkylation sites (tertiary alicyclic amines) is 1. The number of ketones is 1. The molecule has 0 bridgehead atoms. The van der Waals surface area contributed by atoms with Crippen LogP contribution in [0.4, 0.5) is 5.69 Å². The summed E-state index contributed by atoms with van der Waals surface area (Å²) in [5.41, 5.74) is 6.62. The van der Waals surface area contributed by atoms with E-state index in [4.69, 9.17) is 4.74 Å². The lowest BCUT2D eigenvalue weighted by Crippen LogP contribution is -2.29. The third-order valence-electron chi connectivity index (χ3n) is 7.90. The fourth-order valence-corrected chi connectivity index (χ4v) is 5.66. The average molecular weight is 525 g/mol. The van der Waals surface area contributed by atoms with E-state index in [0.29, 0.717) is 12.2 Å². The molecule has 1 fully saturated rings. The highest BCUT2D eigenvalue weighted by Crippen LogP contribution is 2.41. The molecule has 3 aromatic rings. The lowest BCUT2D eigenvalue weighted by molar-refractivity contribution is -0.140. The van der Waals surface area contributed by atoms with Gasteiger partial charge in [-0.25, -0.2) is 0 Å². The molecule has 6 heteroatoms. The van der Waals surface area contributed by atoms with Crippen molar-refractivity contribution in [1.29, 1.82) is 0 Å². The summed E-state index contributed by atoms with van der Waals surface area (Å²) >= 11 is 0. The second kappa shape index (κ2) is 11.0. The third kappa shape index (κ3) is 5.03. The Hall–Kier alpha value is -4.06. The zero-order valence-electron chi connectivity index (χ0n) is 23.2. The molecule has 2 aliphatic heterocycles. The highest BCUT2D eigenvalue weighted by Gasteiger charge is 2.46. The molecule has 1 unspecified atom stereocenters. The van der Waals surface area contributed by atoms with Crippen LogP contribution in [0.2, 0.25) is 0 Å². The van der Waals surface area contributed by atoms with Gasteiger partial charge in [-0.3, -0.25) is 9.59 Å². The summed E-state index contributed by atoms with van der Waals surface area (Å²) in [6.45, 7) is 10.9. The number of carbonyl (C=O) groups is 2. The van der Waals surface area contributed by atoms with Crippen LogP contribution in [0.5, 0.6) is 5.75 Å². The minimum Gasteiger partial charge on any atom is -0.507 e. The van der Waals surface area contributed by atoms with E-state index in [9.17, 15) is 14.7 Å². The quantitative estimate of drug-likeness (QED) is 0.230. The highest BCUT2D eigenvalue weighted by molar-refractivity contribution is 6.46. The number of rotatable bonds is 7. The maximum absolute atomic E-state index is 13.6. The van der Waals surface area contributed by atoms with Crippen LogP contribution >= 0.6 is 0 Å². The molecule has 1 N–H and O–H groups in total. The molecule has 0 radical (unpaired) electrons. The van der Waals surface area contributed by atoms with E-state index in [-0.39, 0.29) is 17.9 Å². The van der Waals surface area contributed by atoms with Crippen LogP contribution < -0.4 is 9.64 Å². The van der Waals surface area contributed by atoms with Crippen molar-refractivity contribution in [2.24, 2.45) is 0 Å². The lowest BCUT2D eigenvalue weighted by atomic mass is 9.93. The highest BCUT2D eigenvalue weighted by atomic mass is 16.5. The number of hydrogen-bond donors (Lipinski definition) is 1. The number of amides is 1. The molecule has 2 aliphatic rings. The third-order valence-corrected chi connectivity index (χ3v) is 7.90. The van der Waals surface area contributed by atoms with Crippen LogP contribution in [-0.4, -0.2) is 41.4 Å². The molecule has 3 aromatic carbocycles. The standard InChI is InChI=1S/C33H36N2O4/c1-5-34(6-2)27-14-11-23(12-15-27)30-29(31(36)25-13-16-28-24(19-25)8-7-17-39-28)32(37)33(38)35(30)20-26-18-21(3)9-10-22(26)4/h9-16,18-19,30,36H,5-8,17,20H2,1-4H3/b31-29-. The first-order valence-electron chi connectivity index (χ1n) is 13.8. The summed E-state index contributed by atoms with van der Waals surface area (Å²) < 4.78 is 5.73. The Balaban J connectivity index is 1.63. The first kappa shape index (κ1) is 26.5. The Bertz CT molecular complexity index is 1440. The Kier molecular flexibility index (Phi) is 7.47. The van der Waals surface area contributed by atoms with Crippen molar-refractivity contribution in [3.05, 3.63) is 99.6 Å². The SMILES string of the molecule is CCN(CC)c1ccc(C2/C(=C(/O)c3ccc4c(c3)CCCO4)C(=O)C(=O)N2Cc2cc(C)ccc2C)cc1. The summed E-state index contributed by atoms with van der Waals surface area (Å²) in [5.74, 6) is -0.610. The monoisotopic (exact) mass is 524 g/mol. The van der Waals surface area contributed by atoms with E-state index in [1.54, 1.807) is 11.0 Å². The van der Waals surface area contributed by atoms with Crippen LogP contribution in [0.15, 0.2) is 66.2 Å². The lowest BCUT2D eigenvalue weighted by Gasteiger charge is -2.27. The molecule has 0 aromatic heterocycles. The molecule has 1 amide bonds. The van der Waals surface area contributed by atoms with Crippen molar-refractivity contribution < 1.29 is 19.4 Å². The van der Waals surface area contributed by atoms with Gasteiger partial charge >= 0.3 is 0 Å². The molecule has 0 saturated carbocycles. The number of anilines is 1. The first-order valence-corrected chi connectivity index (χ1v) is 13.8. The van der Waals surface area contributed by atoms with Gasteiger partial charge in [-0.1, -0.05) is 35.9 Å². The molecule has 0 spiro atoms. The summed E-state index contributed by atoms with van der Waals surface area (Å²) in [6, 6.07) is 18.9. The zero-order chi connectivity index (χ0) is 27.7. The Morgan fingerprint density at radius 1 is 1.00 bits per heavy atom. The average Bonchev–Trinajstić information content (AvgIpc) is 3.20. The summed E-state index contributed by atoms with van der Waals surface area (Å²) in [7, 11) is 0. The fraction of sp³-hybridized carbons (Fsp3) is 0.333. The number of nitrogens with zero attached hydrogens (tertiary/aromatic N) is 2. The van der Waals surface area contributed by atoms with Crippen LogP contribution in [0.1, 0.15) is 59.7 Å². The fourth-order valence-electron chi connectivity index (χ4n) is 5.66. The second-order valence-corrected chi connectivity index (χ2v) is 10.4. The molecule has 2 heterocycles. The molecule has 6 nitrogen and oxygen atoms in total. The Morgan fingerprint density at radius 2 is 1.74 bits per heavy atom. The molecule has 202 valence electrons. The van der Waals surface area contributed by atoms with Crippen LogP contribution in [0, 0.1) is 13.8 Å². The normalized spacial score (nSPS) is 18.2.